The Bertz CT molecular complexity index is 766. The second-order valence-corrected chi connectivity index (χ2v) is 4.38. The number of rotatable bonds is 3. The molecular weight excluding hydrogens is 270 g/mol. The molecule has 8 heteroatoms. The monoisotopic (exact) mass is 283 g/mol. The predicted octanol–water partition coefficient (Wildman–Crippen LogP) is 1.18. The van der Waals surface area contributed by atoms with E-state index in [1.165, 1.54) is 4.80 Å². The number of nitrogens with zero attached hydrogens (tertiary/aromatic N) is 6. The minimum atomic E-state index is 0.0777. The van der Waals surface area contributed by atoms with E-state index in [2.05, 4.69) is 30.9 Å². The molecule has 2 N–H and O–H groups in total. The smallest absolute Gasteiger partial charge is 0.172 e. The van der Waals surface area contributed by atoms with Gasteiger partial charge in [0.25, 0.3) is 0 Å². The Hall–Kier alpha value is -3.03. The van der Waals surface area contributed by atoms with Crippen molar-refractivity contribution in [3.63, 3.8) is 0 Å². The summed E-state index contributed by atoms with van der Waals surface area (Å²) < 4.78 is 0. The van der Waals surface area contributed by atoms with Gasteiger partial charge in [-0.1, -0.05) is 0 Å². The molecule has 0 fully saturated rings. The lowest BCUT2D eigenvalue weighted by atomic mass is 10.1. The van der Waals surface area contributed by atoms with Crippen LogP contribution in [0.5, 0.6) is 5.75 Å². The normalized spacial score (nSPS) is 10.6. The lowest BCUT2D eigenvalue weighted by Crippen LogP contribution is -1.99. The van der Waals surface area contributed by atoms with Crippen LogP contribution in [-0.4, -0.2) is 42.6 Å². The second kappa shape index (κ2) is 5.16. The van der Waals surface area contributed by atoms with E-state index < -0.39 is 0 Å². The van der Waals surface area contributed by atoms with Crippen LogP contribution >= 0.6 is 0 Å². The van der Waals surface area contributed by atoms with Gasteiger partial charge in [0.2, 0.25) is 0 Å². The maximum absolute atomic E-state index is 10.2. The van der Waals surface area contributed by atoms with Crippen LogP contribution in [0, 0.1) is 6.92 Å². The predicted molar refractivity (Wildman–Crippen MR) is 76.1 cm³/mol. The molecule has 0 aliphatic heterocycles. The summed E-state index contributed by atoms with van der Waals surface area (Å²) in [5, 5.41) is 32.9. The quantitative estimate of drug-likeness (QED) is 0.744. The van der Waals surface area contributed by atoms with E-state index in [4.69, 9.17) is 0 Å². The summed E-state index contributed by atoms with van der Waals surface area (Å²) in [6.07, 6.45) is 0. The van der Waals surface area contributed by atoms with Crippen molar-refractivity contribution in [2.75, 3.05) is 12.4 Å². The average molecular weight is 283 g/mol. The number of aromatic nitrogens is 6. The largest absolute Gasteiger partial charge is 0.507 e. The molecule has 2 heterocycles. The summed E-state index contributed by atoms with van der Waals surface area (Å²) in [5.41, 5.74) is 1.79. The minimum Gasteiger partial charge on any atom is -0.507 e. The molecule has 1 aromatic carbocycles. The molecule has 0 bridgehead atoms. The number of phenolic OH excluding ortho intramolecular Hbond substituents is 1. The van der Waals surface area contributed by atoms with Gasteiger partial charge in [-0.3, -0.25) is 0 Å². The number of phenols is 1. The van der Waals surface area contributed by atoms with Gasteiger partial charge in [0, 0.05) is 18.7 Å². The molecule has 3 aromatic rings. The van der Waals surface area contributed by atoms with Crippen molar-refractivity contribution in [1.82, 2.24) is 30.4 Å². The zero-order valence-corrected chi connectivity index (χ0v) is 11.5. The van der Waals surface area contributed by atoms with E-state index in [1.807, 2.05) is 0 Å². The Kier molecular flexibility index (Phi) is 3.19. The summed E-state index contributed by atoms with van der Waals surface area (Å²) in [7, 11) is 1.77. The number of anilines is 1. The van der Waals surface area contributed by atoms with E-state index in [0.29, 0.717) is 28.6 Å². The summed E-state index contributed by atoms with van der Waals surface area (Å²) >= 11 is 0. The number of benzene rings is 1. The number of tetrazole rings is 1. The molecule has 0 unspecified atom stereocenters. The summed E-state index contributed by atoms with van der Waals surface area (Å²) in [5.74, 6) is 1.30. The summed E-state index contributed by atoms with van der Waals surface area (Å²) in [6.45, 7) is 1.75. The molecule has 0 aliphatic carbocycles. The first-order valence-corrected chi connectivity index (χ1v) is 6.29. The van der Waals surface area contributed by atoms with Crippen molar-refractivity contribution in [3.8, 4) is 22.7 Å². The minimum absolute atomic E-state index is 0.0777. The van der Waals surface area contributed by atoms with Crippen LogP contribution in [0.2, 0.25) is 0 Å². The third kappa shape index (κ3) is 2.50. The fourth-order valence-corrected chi connectivity index (χ4v) is 1.86. The molecule has 8 nitrogen and oxygen atoms in total. The van der Waals surface area contributed by atoms with Crippen molar-refractivity contribution in [3.05, 3.63) is 36.2 Å². The highest BCUT2D eigenvalue weighted by molar-refractivity contribution is 5.68. The van der Waals surface area contributed by atoms with E-state index >= 15 is 0 Å². The fraction of sp³-hybridized carbons (Fsp3) is 0.154. The lowest BCUT2D eigenvalue weighted by Gasteiger charge is -2.06. The van der Waals surface area contributed by atoms with E-state index in [0.717, 1.165) is 0 Å². The van der Waals surface area contributed by atoms with Gasteiger partial charge in [-0.2, -0.15) is 0 Å². The Balaban J connectivity index is 1.97. The topological polar surface area (TPSA) is 102 Å². The Morgan fingerprint density at radius 3 is 2.52 bits per heavy atom. The van der Waals surface area contributed by atoms with Crippen LogP contribution in [0.1, 0.15) is 5.82 Å². The van der Waals surface area contributed by atoms with Gasteiger partial charge in [-0.15, -0.1) is 25.2 Å². The first-order valence-electron chi connectivity index (χ1n) is 6.29. The van der Waals surface area contributed by atoms with Crippen LogP contribution in [0.25, 0.3) is 16.9 Å². The molecule has 106 valence electrons. The number of hydrogen-bond donors (Lipinski definition) is 2. The fourth-order valence-electron chi connectivity index (χ4n) is 1.86. The highest BCUT2D eigenvalue weighted by Crippen LogP contribution is 2.29. The highest BCUT2D eigenvalue weighted by atomic mass is 16.3. The molecule has 0 saturated heterocycles. The van der Waals surface area contributed by atoms with Gasteiger partial charge in [-0.05, 0) is 36.4 Å². The Morgan fingerprint density at radius 2 is 1.95 bits per heavy atom. The first-order chi connectivity index (χ1) is 10.2. The average Bonchev–Trinajstić information content (AvgIpc) is 2.94. The van der Waals surface area contributed by atoms with E-state index in [-0.39, 0.29) is 5.75 Å². The van der Waals surface area contributed by atoms with Crippen molar-refractivity contribution in [2.24, 2.45) is 0 Å². The van der Waals surface area contributed by atoms with Crippen molar-refractivity contribution in [2.45, 2.75) is 6.92 Å². The van der Waals surface area contributed by atoms with E-state index in [1.54, 1.807) is 44.3 Å². The molecule has 0 amide bonds. The number of hydrogen-bond acceptors (Lipinski definition) is 7. The highest BCUT2D eigenvalue weighted by Gasteiger charge is 2.10. The SMILES string of the molecule is CNc1ccc(-c2ccc(-n3nnc(C)n3)cc2O)nn1. The third-order valence-electron chi connectivity index (χ3n) is 2.92. The Morgan fingerprint density at radius 1 is 1.10 bits per heavy atom. The molecule has 21 heavy (non-hydrogen) atoms. The maximum Gasteiger partial charge on any atom is 0.172 e. The van der Waals surface area contributed by atoms with Gasteiger partial charge < -0.3 is 10.4 Å². The van der Waals surface area contributed by atoms with Crippen LogP contribution in [-0.2, 0) is 0 Å². The Labute approximate surface area is 120 Å². The van der Waals surface area contributed by atoms with E-state index in [9.17, 15) is 5.11 Å². The zero-order valence-electron chi connectivity index (χ0n) is 11.5. The molecule has 0 spiro atoms. The van der Waals surface area contributed by atoms with Gasteiger partial charge in [0.1, 0.15) is 11.6 Å². The molecule has 0 aliphatic rings. The lowest BCUT2D eigenvalue weighted by molar-refractivity contribution is 0.476. The molecule has 0 radical (unpaired) electrons. The van der Waals surface area contributed by atoms with Gasteiger partial charge >= 0.3 is 0 Å². The van der Waals surface area contributed by atoms with Crippen LogP contribution in [0.15, 0.2) is 30.3 Å². The molecule has 3 rings (SSSR count). The summed E-state index contributed by atoms with van der Waals surface area (Å²) in [6, 6.07) is 8.66. The van der Waals surface area contributed by atoms with Crippen molar-refractivity contribution >= 4 is 5.82 Å². The zero-order chi connectivity index (χ0) is 14.8. The maximum atomic E-state index is 10.2. The van der Waals surface area contributed by atoms with Crippen molar-refractivity contribution < 1.29 is 5.11 Å². The first kappa shape index (κ1) is 13.0. The van der Waals surface area contributed by atoms with Gasteiger partial charge in [0.15, 0.2) is 5.82 Å². The van der Waals surface area contributed by atoms with Crippen LogP contribution in [0.4, 0.5) is 5.82 Å². The van der Waals surface area contributed by atoms with Crippen LogP contribution < -0.4 is 5.32 Å². The standard InChI is InChI=1S/C13H13N7O/c1-8-15-19-20(18-8)9-3-4-10(12(21)7-9)11-5-6-13(14-2)17-16-11/h3-7,21H,1-2H3,(H,14,17). The third-order valence-corrected chi connectivity index (χ3v) is 2.92. The second-order valence-electron chi connectivity index (χ2n) is 4.38. The molecule has 0 atom stereocenters. The molecule has 0 saturated carbocycles. The number of aryl methyl sites for hydroxylation is 1. The van der Waals surface area contributed by atoms with Gasteiger partial charge in [0.05, 0.1) is 11.4 Å². The van der Waals surface area contributed by atoms with Gasteiger partial charge in [-0.25, -0.2) is 0 Å². The molecule has 2 aromatic heterocycles. The number of aromatic hydroxyl groups is 1. The number of nitrogens with one attached hydrogen (secondary N) is 1. The van der Waals surface area contributed by atoms with Crippen LogP contribution in [0.3, 0.4) is 0 Å². The summed E-state index contributed by atoms with van der Waals surface area (Å²) in [4.78, 5) is 1.36. The molecular formula is C13H13N7O. The van der Waals surface area contributed by atoms with Crippen molar-refractivity contribution in [1.29, 1.82) is 0 Å².